The molecule has 2 N–H and O–H groups in total. The number of nitrogens with two attached hydrogens (primary N) is 1. The molecule has 0 fully saturated rings. The summed E-state index contributed by atoms with van der Waals surface area (Å²) in [5.74, 6) is 0. The van der Waals surface area contributed by atoms with Crippen LogP contribution in [0.15, 0.2) is 18.5 Å². The third-order valence-corrected chi connectivity index (χ3v) is 1.95. The predicted molar refractivity (Wildman–Crippen MR) is 49.8 cm³/mol. The Morgan fingerprint density at radius 1 is 1.77 bits per heavy atom. The van der Waals surface area contributed by atoms with Crippen molar-refractivity contribution in [3.05, 3.63) is 18.5 Å². The van der Waals surface area contributed by atoms with Crippen molar-refractivity contribution in [3.63, 3.8) is 0 Å². The van der Waals surface area contributed by atoms with Gasteiger partial charge < -0.3 is 5.73 Å². The average molecular weight is 178 g/mol. The molecule has 0 aliphatic heterocycles. The Labute approximate surface area is 78.0 Å². The van der Waals surface area contributed by atoms with Gasteiger partial charge >= 0.3 is 0 Å². The average Bonchev–Trinajstić information content (AvgIpc) is 2.55. The van der Waals surface area contributed by atoms with Crippen LogP contribution in [0.5, 0.6) is 0 Å². The topological polar surface area (TPSA) is 67.6 Å². The van der Waals surface area contributed by atoms with Crippen molar-refractivity contribution in [2.45, 2.75) is 31.8 Å². The smallest absolute Gasteiger partial charge is 0.103 e. The minimum atomic E-state index is -0.772. The minimum Gasteiger partial charge on any atom is -0.314 e. The van der Waals surface area contributed by atoms with Crippen LogP contribution in [0.2, 0.25) is 0 Å². The van der Waals surface area contributed by atoms with Gasteiger partial charge in [0.15, 0.2) is 0 Å². The first kappa shape index (κ1) is 9.75. The Morgan fingerprint density at radius 3 is 2.92 bits per heavy atom. The number of hydrogen-bond donors (Lipinski definition) is 1. The molecule has 1 aromatic rings. The Bertz CT molecular complexity index is 294. The lowest BCUT2D eigenvalue weighted by Gasteiger charge is -2.20. The van der Waals surface area contributed by atoms with E-state index in [-0.39, 0.29) is 6.04 Å². The van der Waals surface area contributed by atoms with Crippen LogP contribution in [0.4, 0.5) is 0 Å². The van der Waals surface area contributed by atoms with E-state index in [0.717, 1.165) is 0 Å². The number of nitrogens with zero attached hydrogens (tertiary/aromatic N) is 3. The third-order valence-electron chi connectivity index (χ3n) is 1.95. The lowest BCUT2D eigenvalue weighted by molar-refractivity contribution is 0.386. The highest BCUT2D eigenvalue weighted by Gasteiger charge is 2.21. The van der Waals surface area contributed by atoms with Gasteiger partial charge in [-0.1, -0.05) is 0 Å². The van der Waals surface area contributed by atoms with E-state index < -0.39 is 5.54 Å². The second-order valence-electron chi connectivity index (χ2n) is 3.57. The molecule has 0 aromatic carbocycles. The van der Waals surface area contributed by atoms with Gasteiger partial charge in [-0.15, -0.1) is 0 Å². The maximum atomic E-state index is 8.74. The number of rotatable bonds is 3. The SMILES string of the molecule is CC(CC(C)(N)C#N)n1cccn1. The summed E-state index contributed by atoms with van der Waals surface area (Å²) >= 11 is 0. The molecule has 1 heterocycles. The van der Waals surface area contributed by atoms with Gasteiger partial charge in [-0.3, -0.25) is 4.68 Å². The highest BCUT2D eigenvalue weighted by Crippen LogP contribution is 2.16. The maximum absolute atomic E-state index is 8.74. The van der Waals surface area contributed by atoms with Crippen molar-refractivity contribution in [2.24, 2.45) is 5.73 Å². The fraction of sp³-hybridized carbons (Fsp3) is 0.556. The van der Waals surface area contributed by atoms with Crippen molar-refractivity contribution in [1.82, 2.24) is 9.78 Å². The highest BCUT2D eigenvalue weighted by molar-refractivity contribution is 5.02. The number of nitriles is 1. The van der Waals surface area contributed by atoms with Gasteiger partial charge in [-0.2, -0.15) is 10.4 Å². The van der Waals surface area contributed by atoms with E-state index in [1.54, 1.807) is 13.1 Å². The monoisotopic (exact) mass is 178 g/mol. The maximum Gasteiger partial charge on any atom is 0.103 e. The fourth-order valence-corrected chi connectivity index (χ4v) is 1.29. The summed E-state index contributed by atoms with van der Waals surface area (Å²) in [6, 6.07) is 4.09. The molecular formula is C9H14N4. The number of hydrogen-bond acceptors (Lipinski definition) is 3. The van der Waals surface area contributed by atoms with Crippen molar-refractivity contribution in [3.8, 4) is 6.07 Å². The van der Waals surface area contributed by atoms with E-state index in [2.05, 4.69) is 11.2 Å². The normalized spacial score (nSPS) is 17.4. The molecule has 2 atom stereocenters. The summed E-state index contributed by atoms with van der Waals surface area (Å²) in [5, 5.41) is 12.8. The van der Waals surface area contributed by atoms with Crippen molar-refractivity contribution < 1.29 is 0 Å². The van der Waals surface area contributed by atoms with Crippen LogP contribution in [0.3, 0.4) is 0 Å². The molecule has 1 rings (SSSR count). The van der Waals surface area contributed by atoms with E-state index in [9.17, 15) is 0 Å². The molecule has 70 valence electrons. The van der Waals surface area contributed by atoms with Crippen LogP contribution < -0.4 is 5.73 Å². The third kappa shape index (κ3) is 2.56. The van der Waals surface area contributed by atoms with Crippen LogP contribution in [0.25, 0.3) is 0 Å². The zero-order valence-electron chi connectivity index (χ0n) is 7.94. The molecule has 0 spiro atoms. The molecule has 0 aliphatic rings. The highest BCUT2D eigenvalue weighted by atomic mass is 15.3. The second kappa shape index (κ2) is 3.58. The van der Waals surface area contributed by atoms with Gasteiger partial charge in [-0.25, -0.2) is 0 Å². The molecule has 0 aliphatic carbocycles. The van der Waals surface area contributed by atoms with Crippen LogP contribution >= 0.6 is 0 Å². The van der Waals surface area contributed by atoms with Gasteiger partial charge in [0.1, 0.15) is 5.54 Å². The molecule has 0 amide bonds. The van der Waals surface area contributed by atoms with Crippen molar-refractivity contribution in [2.75, 3.05) is 0 Å². The molecule has 4 nitrogen and oxygen atoms in total. The molecule has 13 heavy (non-hydrogen) atoms. The molecule has 0 radical (unpaired) electrons. The Hall–Kier alpha value is -1.34. The summed E-state index contributed by atoms with van der Waals surface area (Å²) in [5.41, 5.74) is 4.95. The van der Waals surface area contributed by atoms with E-state index in [4.69, 9.17) is 11.0 Å². The van der Waals surface area contributed by atoms with E-state index >= 15 is 0 Å². The van der Waals surface area contributed by atoms with E-state index in [1.807, 2.05) is 23.9 Å². The quantitative estimate of drug-likeness (QED) is 0.752. The first-order chi connectivity index (χ1) is 6.05. The molecule has 0 bridgehead atoms. The van der Waals surface area contributed by atoms with Crippen LogP contribution in [0.1, 0.15) is 26.3 Å². The van der Waals surface area contributed by atoms with Crippen LogP contribution in [0, 0.1) is 11.3 Å². The zero-order chi connectivity index (χ0) is 9.90. The van der Waals surface area contributed by atoms with Crippen LogP contribution in [-0.2, 0) is 0 Å². The molecule has 2 unspecified atom stereocenters. The van der Waals surface area contributed by atoms with Gasteiger partial charge in [0, 0.05) is 18.8 Å². The van der Waals surface area contributed by atoms with Gasteiger partial charge in [-0.05, 0) is 19.9 Å². The van der Waals surface area contributed by atoms with Gasteiger partial charge in [0.05, 0.1) is 12.1 Å². The van der Waals surface area contributed by atoms with E-state index in [0.29, 0.717) is 6.42 Å². The van der Waals surface area contributed by atoms with Crippen LogP contribution in [-0.4, -0.2) is 15.3 Å². The van der Waals surface area contributed by atoms with Crippen molar-refractivity contribution in [1.29, 1.82) is 5.26 Å². The molecule has 4 heteroatoms. The summed E-state index contributed by atoms with van der Waals surface area (Å²) in [6.07, 6.45) is 4.19. The van der Waals surface area contributed by atoms with Gasteiger partial charge in [0.25, 0.3) is 0 Å². The standard InChI is InChI=1S/C9H14N4/c1-8(6-9(2,11)7-10)13-5-3-4-12-13/h3-5,8H,6,11H2,1-2H3. The Morgan fingerprint density at radius 2 is 2.46 bits per heavy atom. The summed E-state index contributed by atoms with van der Waals surface area (Å²) < 4.78 is 1.81. The minimum absolute atomic E-state index is 0.157. The molecular weight excluding hydrogens is 164 g/mol. The zero-order valence-corrected chi connectivity index (χ0v) is 7.94. The Balaban J connectivity index is 2.62. The second-order valence-corrected chi connectivity index (χ2v) is 3.57. The molecule has 0 saturated heterocycles. The van der Waals surface area contributed by atoms with E-state index in [1.165, 1.54) is 0 Å². The van der Waals surface area contributed by atoms with Crippen molar-refractivity contribution >= 4 is 0 Å². The summed E-state index contributed by atoms with van der Waals surface area (Å²) in [6.45, 7) is 3.72. The fourth-order valence-electron chi connectivity index (χ4n) is 1.29. The Kier molecular flexibility index (Phi) is 2.69. The number of aromatic nitrogens is 2. The molecule has 1 aromatic heterocycles. The first-order valence-corrected chi connectivity index (χ1v) is 4.24. The molecule has 0 saturated carbocycles. The lowest BCUT2D eigenvalue weighted by atomic mass is 9.97. The largest absolute Gasteiger partial charge is 0.314 e. The summed E-state index contributed by atoms with van der Waals surface area (Å²) in [4.78, 5) is 0. The summed E-state index contributed by atoms with van der Waals surface area (Å²) in [7, 11) is 0. The predicted octanol–water partition coefficient (Wildman–Crippen LogP) is 1.08. The lowest BCUT2D eigenvalue weighted by Crippen LogP contribution is -2.36. The first-order valence-electron chi connectivity index (χ1n) is 4.24. The van der Waals surface area contributed by atoms with Gasteiger partial charge in [0.2, 0.25) is 0 Å².